The zero-order chi connectivity index (χ0) is 20.1. The second-order valence-corrected chi connectivity index (χ2v) is 6.99. The van der Waals surface area contributed by atoms with E-state index in [1.54, 1.807) is 0 Å². The minimum atomic E-state index is -0.688. The molecule has 2 rings (SSSR count). The first-order chi connectivity index (χ1) is 12.7. The van der Waals surface area contributed by atoms with E-state index >= 15 is 0 Å². The maximum absolute atomic E-state index is 11.8. The first-order valence-corrected chi connectivity index (χ1v) is 8.95. The molecule has 3 N–H and O–H groups in total. The van der Waals surface area contributed by atoms with E-state index in [-0.39, 0.29) is 38.0 Å². The zero-order valence-corrected chi connectivity index (χ0v) is 17.1. The zero-order valence-electron chi connectivity index (χ0n) is 13.1. The van der Waals surface area contributed by atoms with Gasteiger partial charge in [0.15, 0.2) is 12.4 Å². The molecule has 0 heterocycles. The van der Waals surface area contributed by atoms with Gasteiger partial charge in [-0.3, -0.25) is 14.9 Å². The lowest BCUT2D eigenvalue weighted by Gasteiger charge is -2.07. The van der Waals surface area contributed by atoms with Gasteiger partial charge in [0.1, 0.15) is 16.0 Å². The molecule has 0 aliphatic rings. The van der Waals surface area contributed by atoms with Crippen LogP contribution in [-0.2, 0) is 4.79 Å². The highest BCUT2D eigenvalue weighted by molar-refractivity contribution is 9.11. The van der Waals surface area contributed by atoms with Gasteiger partial charge in [-0.2, -0.15) is 5.10 Å². The molecule has 0 bridgehead atoms. The van der Waals surface area contributed by atoms with Crippen LogP contribution in [0, 0.1) is 10.1 Å². The fourth-order valence-corrected chi connectivity index (χ4v) is 3.14. The SMILES string of the molecule is O=C(COc1ccc(Cl)cc1[N+](=O)[O-])NN=Cc1cc(Br)c(O)c(Br)c1O. The molecular formula is C15H10Br2ClN3O6. The Kier molecular flexibility index (Phi) is 6.99. The highest BCUT2D eigenvalue weighted by atomic mass is 79.9. The highest BCUT2D eigenvalue weighted by Crippen LogP contribution is 2.40. The fraction of sp³-hybridized carbons (Fsp3) is 0.0667. The lowest BCUT2D eigenvalue weighted by Crippen LogP contribution is -2.24. The predicted molar refractivity (Wildman–Crippen MR) is 105 cm³/mol. The molecule has 12 heteroatoms. The van der Waals surface area contributed by atoms with Crippen LogP contribution in [0.5, 0.6) is 17.2 Å². The molecule has 2 aromatic rings. The number of aromatic hydroxyl groups is 2. The maximum Gasteiger partial charge on any atom is 0.312 e. The Morgan fingerprint density at radius 3 is 2.70 bits per heavy atom. The van der Waals surface area contributed by atoms with Crippen LogP contribution in [0.1, 0.15) is 5.56 Å². The molecule has 0 aliphatic heterocycles. The number of carbonyl (C=O) groups excluding carboxylic acids is 1. The summed E-state index contributed by atoms with van der Waals surface area (Å²) in [5, 5.41) is 34.3. The number of rotatable bonds is 6. The molecule has 2 aromatic carbocycles. The number of nitro benzene ring substituents is 1. The molecule has 0 unspecified atom stereocenters. The van der Waals surface area contributed by atoms with E-state index in [2.05, 4.69) is 42.4 Å². The molecule has 0 saturated carbocycles. The quantitative estimate of drug-likeness (QED) is 0.300. The number of carbonyl (C=O) groups is 1. The maximum atomic E-state index is 11.8. The number of hydrogen-bond acceptors (Lipinski definition) is 7. The standard InChI is InChI=1S/C15H10Br2ClN3O6/c16-9-3-7(14(23)13(17)15(9)24)5-19-20-12(22)6-27-11-2-1-8(18)4-10(11)21(25)26/h1-5,23-24H,6H2,(H,20,22). The minimum Gasteiger partial charge on any atom is -0.506 e. The van der Waals surface area contributed by atoms with E-state index in [1.807, 2.05) is 0 Å². The van der Waals surface area contributed by atoms with Crippen molar-refractivity contribution in [3.05, 3.63) is 53.9 Å². The van der Waals surface area contributed by atoms with Gasteiger partial charge in [-0.25, -0.2) is 5.43 Å². The smallest absolute Gasteiger partial charge is 0.312 e. The van der Waals surface area contributed by atoms with Crippen LogP contribution in [0.4, 0.5) is 5.69 Å². The van der Waals surface area contributed by atoms with E-state index in [0.29, 0.717) is 4.47 Å². The summed E-state index contributed by atoms with van der Waals surface area (Å²) in [6.07, 6.45) is 1.15. The summed E-state index contributed by atoms with van der Waals surface area (Å²) < 4.78 is 5.47. The van der Waals surface area contributed by atoms with Gasteiger partial charge < -0.3 is 14.9 Å². The largest absolute Gasteiger partial charge is 0.506 e. The Labute approximate surface area is 174 Å². The molecule has 0 saturated heterocycles. The molecule has 142 valence electrons. The third kappa shape index (κ3) is 5.31. The number of nitro groups is 1. The number of benzene rings is 2. The number of hydrazone groups is 1. The molecule has 0 atom stereocenters. The van der Waals surface area contributed by atoms with Crippen molar-refractivity contribution in [2.75, 3.05) is 6.61 Å². The van der Waals surface area contributed by atoms with Gasteiger partial charge in [-0.15, -0.1) is 0 Å². The number of amides is 1. The number of phenols is 2. The number of halogens is 3. The van der Waals surface area contributed by atoms with Crippen LogP contribution in [-0.4, -0.2) is 33.9 Å². The Morgan fingerprint density at radius 2 is 2.04 bits per heavy atom. The van der Waals surface area contributed by atoms with Gasteiger partial charge >= 0.3 is 5.69 Å². The molecule has 0 fully saturated rings. The molecule has 0 spiro atoms. The molecule has 0 radical (unpaired) electrons. The monoisotopic (exact) mass is 521 g/mol. The Hall–Kier alpha value is -2.37. The third-order valence-electron chi connectivity index (χ3n) is 3.07. The van der Waals surface area contributed by atoms with Crippen molar-refractivity contribution in [3.8, 4) is 17.2 Å². The van der Waals surface area contributed by atoms with Crippen LogP contribution in [0.25, 0.3) is 0 Å². The van der Waals surface area contributed by atoms with Gasteiger partial charge in [0.25, 0.3) is 5.91 Å². The van der Waals surface area contributed by atoms with Crippen LogP contribution in [0.15, 0.2) is 38.3 Å². The lowest BCUT2D eigenvalue weighted by molar-refractivity contribution is -0.385. The summed E-state index contributed by atoms with van der Waals surface area (Å²) in [6, 6.07) is 5.17. The lowest BCUT2D eigenvalue weighted by atomic mass is 10.2. The van der Waals surface area contributed by atoms with Crippen molar-refractivity contribution >= 4 is 61.3 Å². The van der Waals surface area contributed by atoms with Crippen molar-refractivity contribution < 1.29 is 24.7 Å². The fourth-order valence-electron chi connectivity index (χ4n) is 1.82. The number of nitrogens with zero attached hydrogens (tertiary/aromatic N) is 2. The summed E-state index contributed by atoms with van der Waals surface area (Å²) in [6.45, 7) is -0.533. The van der Waals surface area contributed by atoms with Crippen molar-refractivity contribution in [2.45, 2.75) is 0 Å². The van der Waals surface area contributed by atoms with E-state index < -0.39 is 17.4 Å². The van der Waals surface area contributed by atoms with Gasteiger partial charge in [0, 0.05) is 16.7 Å². The molecule has 9 nitrogen and oxygen atoms in total. The first kappa shape index (κ1) is 20.9. The van der Waals surface area contributed by atoms with E-state index in [0.717, 1.165) is 12.3 Å². The molecule has 1 amide bonds. The van der Waals surface area contributed by atoms with Gasteiger partial charge in [0.2, 0.25) is 0 Å². The van der Waals surface area contributed by atoms with E-state index in [9.17, 15) is 25.1 Å². The van der Waals surface area contributed by atoms with Crippen molar-refractivity contribution in [1.29, 1.82) is 0 Å². The Bertz CT molecular complexity index is 938. The van der Waals surface area contributed by atoms with Crippen LogP contribution < -0.4 is 10.2 Å². The number of nitrogens with one attached hydrogen (secondary N) is 1. The number of ether oxygens (including phenoxy) is 1. The average Bonchev–Trinajstić information content (AvgIpc) is 2.62. The minimum absolute atomic E-state index is 0.0584. The Balaban J connectivity index is 2.00. The van der Waals surface area contributed by atoms with Crippen molar-refractivity contribution in [2.24, 2.45) is 5.10 Å². The predicted octanol–water partition coefficient (Wildman–Crippen LogP) is 3.71. The Morgan fingerprint density at radius 1 is 1.33 bits per heavy atom. The van der Waals surface area contributed by atoms with Crippen LogP contribution >= 0.6 is 43.5 Å². The number of hydrogen-bond donors (Lipinski definition) is 3. The topological polar surface area (TPSA) is 134 Å². The second-order valence-electron chi connectivity index (χ2n) is 4.91. The summed E-state index contributed by atoms with van der Waals surface area (Å²) in [4.78, 5) is 22.0. The highest BCUT2D eigenvalue weighted by Gasteiger charge is 2.17. The second kappa shape index (κ2) is 9.02. The summed E-state index contributed by atoms with van der Waals surface area (Å²) in [7, 11) is 0. The molecule has 0 aliphatic carbocycles. The van der Waals surface area contributed by atoms with Crippen molar-refractivity contribution in [1.82, 2.24) is 5.43 Å². The molecular weight excluding hydrogens is 513 g/mol. The van der Waals surface area contributed by atoms with Crippen LogP contribution in [0.2, 0.25) is 5.02 Å². The normalized spacial score (nSPS) is 10.8. The van der Waals surface area contributed by atoms with Crippen molar-refractivity contribution in [3.63, 3.8) is 0 Å². The summed E-state index contributed by atoms with van der Waals surface area (Å²) >= 11 is 11.8. The number of phenolic OH excluding ortho intramolecular Hbond substituents is 2. The molecule has 0 aromatic heterocycles. The van der Waals surface area contributed by atoms with Gasteiger partial charge in [0.05, 0.1) is 15.6 Å². The summed E-state index contributed by atoms with van der Waals surface area (Å²) in [5.41, 5.74) is 1.98. The average molecular weight is 524 g/mol. The van der Waals surface area contributed by atoms with E-state index in [4.69, 9.17) is 16.3 Å². The molecule has 27 heavy (non-hydrogen) atoms. The van der Waals surface area contributed by atoms with Crippen LogP contribution in [0.3, 0.4) is 0 Å². The summed E-state index contributed by atoms with van der Waals surface area (Å²) in [5.74, 6) is -1.27. The third-order valence-corrected chi connectivity index (χ3v) is 4.66. The van der Waals surface area contributed by atoms with E-state index in [1.165, 1.54) is 18.2 Å². The van der Waals surface area contributed by atoms with Gasteiger partial charge in [-0.05, 0) is 50.1 Å². The van der Waals surface area contributed by atoms with Gasteiger partial charge in [-0.1, -0.05) is 11.6 Å². The first-order valence-electron chi connectivity index (χ1n) is 6.99.